The van der Waals surface area contributed by atoms with Crippen LogP contribution in [0.2, 0.25) is 5.02 Å². The molecule has 5 nitrogen and oxygen atoms in total. The molecule has 0 radical (unpaired) electrons. The van der Waals surface area contributed by atoms with Gasteiger partial charge < -0.3 is 14.2 Å². The van der Waals surface area contributed by atoms with Crippen LogP contribution in [0.4, 0.5) is 10.5 Å². The molecule has 0 aliphatic carbocycles. The fourth-order valence-corrected chi connectivity index (χ4v) is 2.76. The molecule has 0 saturated carbocycles. The number of rotatable bonds is 6. The van der Waals surface area contributed by atoms with Gasteiger partial charge in [-0.25, -0.2) is 4.79 Å². The average Bonchev–Trinajstić information content (AvgIpc) is 2.62. The molecule has 0 aliphatic heterocycles. The fraction of sp³-hybridized carbons (Fsp3) is 0.316. The summed E-state index contributed by atoms with van der Waals surface area (Å²) in [5.74, 6) is 1.19. The molecular weight excluding hydrogens is 342 g/mol. The summed E-state index contributed by atoms with van der Waals surface area (Å²) >= 11 is 6.32. The average molecular weight is 364 g/mol. The Kier molecular flexibility index (Phi) is 6.53. The van der Waals surface area contributed by atoms with Gasteiger partial charge in [-0.3, -0.25) is 5.32 Å². The van der Waals surface area contributed by atoms with Crippen LogP contribution < -0.4 is 14.8 Å². The molecule has 0 aliphatic rings. The Bertz CT molecular complexity index is 761. The van der Waals surface area contributed by atoms with Crippen LogP contribution >= 0.6 is 11.6 Å². The topological polar surface area (TPSA) is 56.8 Å². The van der Waals surface area contributed by atoms with Crippen molar-refractivity contribution in [1.82, 2.24) is 0 Å². The van der Waals surface area contributed by atoms with Gasteiger partial charge in [-0.05, 0) is 48.7 Å². The van der Waals surface area contributed by atoms with E-state index in [0.717, 1.165) is 12.0 Å². The lowest BCUT2D eigenvalue weighted by molar-refractivity contribution is 0.187. The molecule has 2 rings (SSSR count). The predicted molar refractivity (Wildman–Crippen MR) is 98.9 cm³/mol. The van der Waals surface area contributed by atoms with Gasteiger partial charge in [0.05, 0.1) is 30.5 Å². The number of benzene rings is 2. The van der Waals surface area contributed by atoms with Crippen molar-refractivity contribution < 1.29 is 19.0 Å². The minimum Gasteiger partial charge on any atom is -0.496 e. The van der Waals surface area contributed by atoms with Crippen molar-refractivity contribution in [2.45, 2.75) is 26.9 Å². The van der Waals surface area contributed by atoms with E-state index in [1.54, 1.807) is 25.3 Å². The summed E-state index contributed by atoms with van der Waals surface area (Å²) in [7, 11) is 2.87. The molecule has 2 aromatic carbocycles. The van der Waals surface area contributed by atoms with E-state index in [2.05, 4.69) is 17.0 Å². The van der Waals surface area contributed by atoms with Crippen LogP contribution in [0.5, 0.6) is 11.5 Å². The second-order valence-electron chi connectivity index (χ2n) is 5.45. The van der Waals surface area contributed by atoms with Gasteiger partial charge in [-0.2, -0.15) is 0 Å². The maximum absolute atomic E-state index is 11.5. The lowest BCUT2D eigenvalue weighted by Crippen LogP contribution is -2.14. The molecular formula is C19H22ClNO4. The van der Waals surface area contributed by atoms with Crippen molar-refractivity contribution in [3.63, 3.8) is 0 Å². The van der Waals surface area contributed by atoms with E-state index in [9.17, 15) is 4.79 Å². The molecule has 0 unspecified atom stereocenters. The number of amides is 1. The monoisotopic (exact) mass is 363 g/mol. The third kappa shape index (κ3) is 4.57. The van der Waals surface area contributed by atoms with Crippen molar-refractivity contribution in [2.24, 2.45) is 0 Å². The van der Waals surface area contributed by atoms with Gasteiger partial charge in [0.1, 0.15) is 18.1 Å². The number of ether oxygens (including phenoxy) is 3. The SMILES string of the molecule is CCc1cc(Cl)c(OCc2c(NC(=O)OC)cccc2OC)cc1C. The Morgan fingerprint density at radius 1 is 1.20 bits per heavy atom. The van der Waals surface area contributed by atoms with E-state index in [0.29, 0.717) is 27.8 Å². The van der Waals surface area contributed by atoms with Gasteiger partial charge >= 0.3 is 6.09 Å². The number of hydrogen-bond donors (Lipinski definition) is 1. The van der Waals surface area contributed by atoms with Gasteiger partial charge in [0, 0.05) is 0 Å². The van der Waals surface area contributed by atoms with Crippen molar-refractivity contribution in [3.05, 3.63) is 52.0 Å². The zero-order valence-electron chi connectivity index (χ0n) is 14.8. The Balaban J connectivity index is 2.28. The van der Waals surface area contributed by atoms with Crippen LogP contribution in [-0.4, -0.2) is 20.3 Å². The summed E-state index contributed by atoms with van der Waals surface area (Å²) in [6.45, 7) is 4.29. The van der Waals surface area contributed by atoms with Gasteiger partial charge in [-0.15, -0.1) is 0 Å². The van der Waals surface area contributed by atoms with E-state index < -0.39 is 6.09 Å². The Morgan fingerprint density at radius 3 is 2.60 bits per heavy atom. The van der Waals surface area contributed by atoms with E-state index in [-0.39, 0.29) is 6.61 Å². The first-order valence-electron chi connectivity index (χ1n) is 7.92. The highest BCUT2D eigenvalue weighted by atomic mass is 35.5. The molecule has 1 N–H and O–H groups in total. The maximum atomic E-state index is 11.5. The van der Waals surface area contributed by atoms with Crippen LogP contribution in [0.25, 0.3) is 0 Å². The molecule has 2 aromatic rings. The van der Waals surface area contributed by atoms with Crippen LogP contribution in [0.3, 0.4) is 0 Å². The normalized spacial score (nSPS) is 10.3. The highest BCUT2D eigenvalue weighted by molar-refractivity contribution is 6.32. The molecule has 0 fully saturated rings. The number of halogens is 1. The minimum atomic E-state index is -0.560. The summed E-state index contributed by atoms with van der Waals surface area (Å²) in [6.07, 6.45) is 0.349. The molecule has 0 heterocycles. The van der Waals surface area contributed by atoms with Gasteiger partial charge in [-0.1, -0.05) is 24.6 Å². The lowest BCUT2D eigenvalue weighted by atomic mass is 10.1. The Labute approximate surface area is 152 Å². The quantitative estimate of drug-likeness (QED) is 0.786. The predicted octanol–water partition coefficient (Wildman–Crippen LogP) is 4.98. The molecule has 0 atom stereocenters. The minimum absolute atomic E-state index is 0.188. The van der Waals surface area contributed by atoms with Crippen molar-refractivity contribution >= 4 is 23.4 Å². The van der Waals surface area contributed by atoms with Crippen LogP contribution in [0.1, 0.15) is 23.6 Å². The van der Waals surface area contributed by atoms with E-state index in [1.165, 1.54) is 12.7 Å². The molecule has 134 valence electrons. The lowest BCUT2D eigenvalue weighted by Gasteiger charge is -2.16. The molecule has 25 heavy (non-hydrogen) atoms. The fourth-order valence-electron chi connectivity index (χ4n) is 2.52. The zero-order chi connectivity index (χ0) is 18.4. The zero-order valence-corrected chi connectivity index (χ0v) is 15.6. The summed E-state index contributed by atoms with van der Waals surface area (Å²) in [6, 6.07) is 9.17. The summed E-state index contributed by atoms with van der Waals surface area (Å²) in [5, 5.41) is 3.22. The van der Waals surface area contributed by atoms with Crippen LogP contribution in [0.15, 0.2) is 30.3 Å². The van der Waals surface area contributed by atoms with Crippen LogP contribution in [0, 0.1) is 6.92 Å². The number of carbonyl (C=O) groups is 1. The summed E-state index contributed by atoms with van der Waals surface area (Å²) < 4.78 is 15.9. The molecule has 0 saturated heterocycles. The smallest absolute Gasteiger partial charge is 0.411 e. The number of hydrogen-bond acceptors (Lipinski definition) is 4. The van der Waals surface area contributed by atoms with Gasteiger partial charge in [0.25, 0.3) is 0 Å². The van der Waals surface area contributed by atoms with Gasteiger partial charge in [0.15, 0.2) is 0 Å². The molecule has 6 heteroatoms. The van der Waals surface area contributed by atoms with E-state index in [1.807, 2.05) is 19.1 Å². The number of carbonyl (C=O) groups excluding carboxylic acids is 1. The van der Waals surface area contributed by atoms with E-state index >= 15 is 0 Å². The van der Waals surface area contributed by atoms with Crippen LogP contribution in [-0.2, 0) is 17.8 Å². The Morgan fingerprint density at radius 2 is 1.96 bits per heavy atom. The largest absolute Gasteiger partial charge is 0.496 e. The first-order chi connectivity index (χ1) is 12.0. The maximum Gasteiger partial charge on any atom is 0.411 e. The van der Waals surface area contributed by atoms with Gasteiger partial charge in [0.2, 0.25) is 0 Å². The number of methoxy groups -OCH3 is 2. The second kappa shape index (κ2) is 8.62. The van der Waals surface area contributed by atoms with Crippen molar-refractivity contribution in [2.75, 3.05) is 19.5 Å². The number of nitrogens with one attached hydrogen (secondary N) is 1. The van der Waals surface area contributed by atoms with E-state index in [4.69, 9.17) is 21.1 Å². The number of aryl methyl sites for hydroxylation is 2. The third-order valence-corrected chi connectivity index (χ3v) is 4.21. The number of anilines is 1. The summed E-state index contributed by atoms with van der Waals surface area (Å²) in [4.78, 5) is 11.5. The first-order valence-corrected chi connectivity index (χ1v) is 8.30. The first kappa shape index (κ1) is 18.9. The third-order valence-electron chi connectivity index (χ3n) is 3.92. The standard InChI is InChI=1S/C19H22ClNO4/c1-5-13-10-15(20)18(9-12(13)2)25-11-14-16(21-19(22)24-4)7-6-8-17(14)23-3/h6-10H,5,11H2,1-4H3,(H,21,22). The highest BCUT2D eigenvalue weighted by Crippen LogP contribution is 2.32. The highest BCUT2D eigenvalue weighted by Gasteiger charge is 2.14. The molecule has 0 bridgehead atoms. The second-order valence-corrected chi connectivity index (χ2v) is 5.86. The summed E-state index contributed by atoms with van der Waals surface area (Å²) in [5.41, 5.74) is 3.56. The van der Waals surface area contributed by atoms with Crippen molar-refractivity contribution in [1.29, 1.82) is 0 Å². The molecule has 0 aromatic heterocycles. The molecule has 0 spiro atoms. The molecule has 1 amide bonds. The van der Waals surface area contributed by atoms with Crippen molar-refractivity contribution in [3.8, 4) is 11.5 Å². The Hall–Kier alpha value is -2.40.